The summed E-state index contributed by atoms with van der Waals surface area (Å²) in [5.74, 6) is 0.0507. The lowest BCUT2D eigenvalue weighted by Gasteiger charge is -2.36. The maximum Gasteiger partial charge on any atom is 0.192 e. The molecule has 3 nitrogen and oxygen atoms in total. The Morgan fingerprint density at radius 1 is 0.903 bits per heavy atom. The van der Waals surface area contributed by atoms with Gasteiger partial charge in [0.05, 0.1) is 6.61 Å². The maximum absolute atomic E-state index is 13.3. The summed E-state index contributed by atoms with van der Waals surface area (Å²) in [5.41, 5.74) is 3.66. The molecule has 0 spiro atoms. The summed E-state index contributed by atoms with van der Waals surface area (Å²) < 4.78 is 6.39. The van der Waals surface area contributed by atoms with Gasteiger partial charge in [-0.15, -0.1) is 0 Å². The van der Waals surface area contributed by atoms with E-state index in [-0.39, 0.29) is 10.8 Å². The van der Waals surface area contributed by atoms with Crippen molar-refractivity contribution in [1.82, 2.24) is 0 Å². The molecule has 4 heteroatoms. The van der Waals surface area contributed by atoms with Crippen LogP contribution in [-0.2, 0) is 11.0 Å². The highest BCUT2D eigenvalue weighted by Crippen LogP contribution is 2.37. The minimum absolute atomic E-state index is 0.0507. The molecule has 3 rings (SSSR count). The van der Waals surface area contributed by atoms with E-state index in [1.54, 1.807) is 0 Å². The van der Waals surface area contributed by atoms with Gasteiger partial charge in [-0.05, 0) is 41.4 Å². The molecule has 0 amide bonds. The van der Waals surface area contributed by atoms with Crippen LogP contribution < -0.4 is 5.32 Å². The van der Waals surface area contributed by atoms with Crippen LogP contribution in [0.15, 0.2) is 84.9 Å². The molecular formula is C27H33NO2Si. The third kappa shape index (κ3) is 5.93. The van der Waals surface area contributed by atoms with Crippen LogP contribution in [0.1, 0.15) is 48.3 Å². The number of anilines is 1. The van der Waals surface area contributed by atoms with Crippen molar-refractivity contribution in [3.05, 3.63) is 102 Å². The largest absolute Gasteiger partial charge is 0.413 e. The van der Waals surface area contributed by atoms with E-state index in [2.05, 4.69) is 51.3 Å². The lowest BCUT2D eigenvalue weighted by Crippen LogP contribution is -2.40. The Hall–Kier alpha value is -2.69. The Morgan fingerprint density at radius 2 is 1.52 bits per heavy atom. The van der Waals surface area contributed by atoms with Gasteiger partial charge in [0.15, 0.2) is 14.1 Å². The van der Waals surface area contributed by atoms with Crippen molar-refractivity contribution < 1.29 is 9.22 Å². The van der Waals surface area contributed by atoms with Crippen LogP contribution in [0.2, 0.25) is 18.1 Å². The normalized spacial score (nSPS) is 12.9. The van der Waals surface area contributed by atoms with E-state index >= 15 is 0 Å². The molecule has 0 saturated carbocycles. The molecule has 31 heavy (non-hydrogen) atoms. The van der Waals surface area contributed by atoms with Gasteiger partial charge in [0.25, 0.3) is 0 Å². The molecule has 0 aliphatic carbocycles. The molecule has 0 fully saturated rings. The second-order valence-electron chi connectivity index (χ2n) is 9.47. The molecule has 0 aliphatic rings. The Bertz CT molecular complexity index is 995. The third-order valence-corrected chi connectivity index (χ3v) is 10.6. The summed E-state index contributed by atoms with van der Waals surface area (Å²) in [7, 11) is -1.83. The van der Waals surface area contributed by atoms with Gasteiger partial charge in [-0.3, -0.25) is 4.79 Å². The van der Waals surface area contributed by atoms with Crippen LogP contribution in [0.25, 0.3) is 0 Å². The lowest BCUT2D eigenvalue weighted by molar-refractivity contribution is 0.0969. The second kappa shape index (κ2) is 9.63. The summed E-state index contributed by atoms with van der Waals surface area (Å²) >= 11 is 0. The fourth-order valence-corrected chi connectivity index (χ4v) is 4.07. The third-order valence-electron chi connectivity index (χ3n) is 6.10. The number of Topliss-reactive ketones (excluding diaryl/α,β-unsaturated/α-hetero) is 1. The molecule has 0 radical (unpaired) electrons. The quantitative estimate of drug-likeness (QED) is 0.302. The summed E-state index contributed by atoms with van der Waals surface area (Å²) in [6.45, 7) is 11.8. The fraction of sp³-hybridized carbons (Fsp3) is 0.296. The van der Waals surface area contributed by atoms with Gasteiger partial charge in [-0.2, -0.15) is 0 Å². The first-order chi connectivity index (χ1) is 14.7. The number of ketones is 1. The average Bonchev–Trinajstić information content (AvgIpc) is 2.76. The number of nitrogens with one attached hydrogen (secondary N) is 1. The first-order valence-corrected chi connectivity index (χ1v) is 13.7. The maximum atomic E-state index is 13.3. The first-order valence-electron chi connectivity index (χ1n) is 10.8. The summed E-state index contributed by atoms with van der Waals surface area (Å²) in [6, 6.07) is 27.0. The molecule has 0 bridgehead atoms. The SMILES string of the molecule is CC(C)(C)[Si](C)(C)OCc1cccc(N[C@H](C(=O)c2ccccc2)c2ccccc2)c1. The minimum Gasteiger partial charge on any atom is -0.413 e. The summed E-state index contributed by atoms with van der Waals surface area (Å²) in [6.07, 6.45) is 0. The van der Waals surface area contributed by atoms with Gasteiger partial charge in [0.1, 0.15) is 6.04 Å². The second-order valence-corrected chi connectivity index (χ2v) is 14.3. The van der Waals surface area contributed by atoms with Gasteiger partial charge in [0.2, 0.25) is 0 Å². The number of benzene rings is 3. The van der Waals surface area contributed by atoms with E-state index < -0.39 is 14.4 Å². The predicted molar refractivity (Wildman–Crippen MR) is 132 cm³/mol. The lowest BCUT2D eigenvalue weighted by atomic mass is 9.97. The highest BCUT2D eigenvalue weighted by atomic mass is 28.4. The van der Waals surface area contributed by atoms with Gasteiger partial charge < -0.3 is 9.74 Å². The number of carbonyl (C=O) groups is 1. The molecular weight excluding hydrogens is 398 g/mol. The highest BCUT2D eigenvalue weighted by Gasteiger charge is 2.37. The molecule has 0 aromatic heterocycles. The van der Waals surface area contributed by atoms with Gasteiger partial charge in [0, 0.05) is 11.3 Å². The van der Waals surface area contributed by atoms with Gasteiger partial charge >= 0.3 is 0 Å². The van der Waals surface area contributed by atoms with E-state index in [4.69, 9.17) is 4.43 Å². The monoisotopic (exact) mass is 431 g/mol. The van der Waals surface area contributed by atoms with Crippen molar-refractivity contribution in [3.63, 3.8) is 0 Å². The van der Waals surface area contributed by atoms with Crippen molar-refractivity contribution in [2.24, 2.45) is 0 Å². The van der Waals surface area contributed by atoms with Crippen LogP contribution >= 0.6 is 0 Å². The van der Waals surface area contributed by atoms with Crippen LogP contribution in [0, 0.1) is 0 Å². The highest BCUT2D eigenvalue weighted by molar-refractivity contribution is 6.74. The standard InChI is InChI=1S/C27H33NO2Si/c1-27(2,3)31(4,5)30-20-21-13-12-18-24(19-21)28-25(22-14-8-6-9-15-22)26(29)23-16-10-7-11-17-23/h6-19,25,28H,20H2,1-5H3/t25-/m0/s1. The number of carbonyl (C=O) groups excluding carboxylic acids is 1. The minimum atomic E-state index is -1.83. The van der Waals surface area contributed by atoms with E-state index in [0.717, 1.165) is 16.8 Å². The number of hydrogen-bond donors (Lipinski definition) is 1. The van der Waals surface area contributed by atoms with Crippen molar-refractivity contribution in [3.8, 4) is 0 Å². The Labute approximate surface area is 187 Å². The molecule has 0 heterocycles. The summed E-state index contributed by atoms with van der Waals surface area (Å²) in [4.78, 5) is 13.3. The van der Waals surface area contributed by atoms with E-state index in [1.165, 1.54) is 0 Å². The van der Waals surface area contributed by atoms with Crippen LogP contribution in [0.5, 0.6) is 0 Å². The number of hydrogen-bond acceptors (Lipinski definition) is 3. The molecule has 1 N–H and O–H groups in total. The van der Waals surface area contributed by atoms with Crippen molar-refractivity contribution in [2.45, 2.75) is 51.6 Å². The predicted octanol–water partition coefficient (Wildman–Crippen LogP) is 7.24. The molecule has 0 unspecified atom stereocenters. The van der Waals surface area contributed by atoms with Crippen molar-refractivity contribution >= 4 is 19.8 Å². The van der Waals surface area contributed by atoms with Crippen LogP contribution in [0.4, 0.5) is 5.69 Å². The van der Waals surface area contributed by atoms with Crippen molar-refractivity contribution in [2.75, 3.05) is 5.32 Å². The Kier molecular flexibility index (Phi) is 7.14. The molecule has 0 saturated heterocycles. The molecule has 3 aromatic carbocycles. The molecule has 0 aliphatic heterocycles. The molecule has 3 aromatic rings. The average molecular weight is 432 g/mol. The van der Waals surface area contributed by atoms with Crippen LogP contribution in [0.3, 0.4) is 0 Å². The van der Waals surface area contributed by atoms with E-state index in [0.29, 0.717) is 12.2 Å². The van der Waals surface area contributed by atoms with E-state index in [1.807, 2.05) is 72.8 Å². The first kappa shape index (κ1) is 23.0. The molecule has 1 atom stereocenters. The van der Waals surface area contributed by atoms with Crippen LogP contribution in [-0.4, -0.2) is 14.1 Å². The zero-order valence-corrected chi connectivity index (χ0v) is 20.2. The topological polar surface area (TPSA) is 38.3 Å². The van der Waals surface area contributed by atoms with Crippen molar-refractivity contribution in [1.29, 1.82) is 0 Å². The fourth-order valence-electron chi connectivity index (χ4n) is 3.11. The zero-order valence-electron chi connectivity index (χ0n) is 19.2. The number of rotatable bonds is 8. The molecule has 162 valence electrons. The van der Waals surface area contributed by atoms with Gasteiger partial charge in [-0.1, -0.05) is 93.6 Å². The Balaban J connectivity index is 1.82. The summed E-state index contributed by atoms with van der Waals surface area (Å²) in [5, 5.41) is 3.64. The van der Waals surface area contributed by atoms with E-state index in [9.17, 15) is 4.79 Å². The zero-order chi connectivity index (χ0) is 22.5. The smallest absolute Gasteiger partial charge is 0.192 e. The Morgan fingerprint density at radius 3 is 2.13 bits per heavy atom. The van der Waals surface area contributed by atoms with Gasteiger partial charge in [-0.25, -0.2) is 0 Å².